The molecule has 1 aliphatic carbocycles. The van der Waals surface area contributed by atoms with Gasteiger partial charge in [-0.05, 0) is 12.3 Å². The van der Waals surface area contributed by atoms with Crippen LogP contribution in [0.1, 0.15) is 44.1 Å². The molecule has 0 bridgehead atoms. The first kappa shape index (κ1) is 16.8. The molecule has 1 aromatic carbocycles. The first-order valence-electron chi connectivity index (χ1n) is 8.77. The van der Waals surface area contributed by atoms with Gasteiger partial charge >= 0.3 is 5.97 Å². The van der Waals surface area contributed by atoms with E-state index in [2.05, 4.69) is 29.3 Å². The van der Waals surface area contributed by atoms with Gasteiger partial charge in [0.2, 0.25) is 5.60 Å². The average molecular weight is 355 g/mol. The van der Waals surface area contributed by atoms with Gasteiger partial charge in [-0.1, -0.05) is 59.6 Å². The van der Waals surface area contributed by atoms with Gasteiger partial charge in [0.05, 0.1) is 6.61 Å². The third-order valence-corrected chi connectivity index (χ3v) is 4.98. The Morgan fingerprint density at radius 3 is 2.77 bits per heavy atom. The fraction of sp³-hybridized carbons (Fsp3) is 0.474. The number of hydrogen-bond donors (Lipinski definition) is 0. The number of hydrogen-bond acceptors (Lipinski definition) is 7. The normalized spacial score (nSPS) is 26.1. The fourth-order valence-corrected chi connectivity index (χ4v) is 4.08. The van der Waals surface area contributed by atoms with Gasteiger partial charge in [-0.3, -0.25) is 4.79 Å². The molecule has 4 rings (SSSR count). The number of carbonyl (C=O) groups is 1. The van der Waals surface area contributed by atoms with Crippen molar-refractivity contribution in [1.29, 1.82) is 0 Å². The fourth-order valence-electron chi connectivity index (χ4n) is 4.08. The van der Waals surface area contributed by atoms with E-state index in [1.54, 1.807) is 6.92 Å². The molecule has 2 atom stereocenters. The monoisotopic (exact) mass is 355 g/mol. The molecule has 2 aliphatic rings. The second-order valence-corrected chi connectivity index (χ2v) is 7.59. The summed E-state index contributed by atoms with van der Waals surface area (Å²) in [6.07, 6.45) is 1.26. The van der Waals surface area contributed by atoms with Crippen molar-refractivity contribution in [3.05, 3.63) is 47.3 Å². The predicted molar refractivity (Wildman–Crippen MR) is 92.3 cm³/mol. The number of ether oxygens (including phenoxy) is 1. The lowest BCUT2D eigenvalue weighted by atomic mass is 9.64. The van der Waals surface area contributed by atoms with Gasteiger partial charge < -0.3 is 9.57 Å². The van der Waals surface area contributed by atoms with Crippen molar-refractivity contribution in [2.75, 3.05) is 6.61 Å². The number of aromatic nitrogens is 2. The Labute approximate surface area is 151 Å². The second kappa shape index (κ2) is 5.93. The van der Waals surface area contributed by atoms with Crippen LogP contribution >= 0.6 is 0 Å². The van der Waals surface area contributed by atoms with Crippen LogP contribution in [0.2, 0.25) is 0 Å². The minimum absolute atomic E-state index is 0.155. The van der Waals surface area contributed by atoms with Crippen LogP contribution in [0.4, 0.5) is 0 Å². The van der Waals surface area contributed by atoms with Crippen LogP contribution in [0, 0.1) is 11.3 Å². The van der Waals surface area contributed by atoms with Crippen molar-refractivity contribution in [2.45, 2.75) is 39.2 Å². The lowest BCUT2D eigenvalue weighted by molar-refractivity contribution is -0.160. The van der Waals surface area contributed by atoms with E-state index in [9.17, 15) is 4.79 Å². The van der Waals surface area contributed by atoms with Crippen molar-refractivity contribution < 1.29 is 19.0 Å². The highest BCUT2D eigenvalue weighted by Gasteiger charge is 2.62. The summed E-state index contributed by atoms with van der Waals surface area (Å²) >= 11 is 0. The number of carbonyl (C=O) groups excluding carboxylic acids is 1. The van der Waals surface area contributed by atoms with Crippen LogP contribution in [-0.2, 0) is 26.4 Å². The van der Waals surface area contributed by atoms with Crippen molar-refractivity contribution in [3.8, 4) is 0 Å². The van der Waals surface area contributed by atoms with Crippen LogP contribution < -0.4 is 0 Å². The van der Waals surface area contributed by atoms with E-state index >= 15 is 0 Å². The third-order valence-electron chi connectivity index (χ3n) is 4.98. The highest BCUT2D eigenvalue weighted by atomic mass is 16.7. The van der Waals surface area contributed by atoms with Crippen LogP contribution in [0.3, 0.4) is 0 Å². The molecule has 0 fully saturated rings. The zero-order valence-electron chi connectivity index (χ0n) is 15.1. The number of benzene rings is 1. The lowest BCUT2D eigenvalue weighted by Crippen LogP contribution is -2.49. The van der Waals surface area contributed by atoms with E-state index < -0.39 is 11.5 Å². The summed E-state index contributed by atoms with van der Waals surface area (Å²) in [4.78, 5) is 19.0. The van der Waals surface area contributed by atoms with Gasteiger partial charge in [0, 0.05) is 18.4 Å². The van der Waals surface area contributed by atoms with Crippen LogP contribution in [0.5, 0.6) is 0 Å². The van der Waals surface area contributed by atoms with E-state index in [1.165, 1.54) is 0 Å². The number of esters is 1. The molecule has 0 saturated heterocycles. The SMILES string of the molecule is CCOC(=O)[C@@H]1C(c2ccccc2)=NO[C@@]12CC(C)(C)Cc1nonc12. The Kier molecular flexibility index (Phi) is 3.82. The maximum absolute atomic E-state index is 13.0. The Morgan fingerprint density at radius 1 is 1.27 bits per heavy atom. The molecule has 136 valence electrons. The quantitative estimate of drug-likeness (QED) is 0.787. The minimum Gasteiger partial charge on any atom is -0.465 e. The zero-order chi connectivity index (χ0) is 18.4. The molecule has 7 nitrogen and oxygen atoms in total. The smallest absolute Gasteiger partial charge is 0.319 e. The molecule has 2 heterocycles. The molecule has 0 N–H and O–H groups in total. The van der Waals surface area contributed by atoms with E-state index in [0.29, 0.717) is 29.9 Å². The highest BCUT2D eigenvalue weighted by Crippen LogP contribution is 2.53. The molecule has 0 radical (unpaired) electrons. The first-order valence-corrected chi connectivity index (χ1v) is 8.77. The maximum Gasteiger partial charge on any atom is 0.319 e. The van der Waals surface area contributed by atoms with Crippen LogP contribution in [0.25, 0.3) is 0 Å². The summed E-state index contributed by atoms with van der Waals surface area (Å²) < 4.78 is 10.4. The molecule has 0 unspecified atom stereocenters. The summed E-state index contributed by atoms with van der Waals surface area (Å²) in [5.41, 5.74) is 1.41. The van der Waals surface area contributed by atoms with Crippen molar-refractivity contribution >= 4 is 11.7 Å². The molecule has 1 spiro atoms. The number of fused-ring (bicyclic) bond motifs is 2. The van der Waals surface area contributed by atoms with Gasteiger partial charge in [-0.15, -0.1) is 0 Å². The Hall–Kier alpha value is -2.70. The van der Waals surface area contributed by atoms with E-state index in [4.69, 9.17) is 14.2 Å². The molecular weight excluding hydrogens is 334 g/mol. The minimum atomic E-state index is -1.06. The third kappa shape index (κ3) is 2.50. The van der Waals surface area contributed by atoms with Crippen molar-refractivity contribution in [1.82, 2.24) is 10.3 Å². The highest BCUT2D eigenvalue weighted by molar-refractivity contribution is 6.13. The van der Waals surface area contributed by atoms with Gasteiger partial charge in [0.25, 0.3) is 0 Å². The van der Waals surface area contributed by atoms with Gasteiger partial charge in [0.15, 0.2) is 11.6 Å². The lowest BCUT2D eigenvalue weighted by Gasteiger charge is -2.40. The molecule has 1 aromatic heterocycles. The molecule has 0 saturated carbocycles. The van der Waals surface area contributed by atoms with Crippen molar-refractivity contribution in [3.63, 3.8) is 0 Å². The average Bonchev–Trinajstić information content (AvgIpc) is 3.20. The predicted octanol–water partition coefficient (Wildman–Crippen LogP) is 2.85. The molecule has 7 heteroatoms. The Balaban J connectivity index is 1.86. The first-order chi connectivity index (χ1) is 12.5. The second-order valence-electron chi connectivity index (χ2n) is 7.59. The van der Waals surface area contributed by atoms with Crippen LogP contribution in [-0.4, -0.2) is 28.6 Å². The van der Waals surface area contributed by atoms with Gasteiger partial charge in [0.1, 0.15) is 11.4 Å². The van der Waals surface area contributed by atoms with Gasteiger partial charge in [-0.2, -0.15) is 0 Å². The summed E-state index contributed by atoms with van der Waals surface area (Å²) in [5, 5.41) is 12.4. The Morgan fingerprint density at radius 2 is 2.04 bits per heavy atom. The number of oxime groups is 1. The zero-order valence-corrected chi connectivity index (χ0v) is 15.1. The number of nitrogens with zero attached hydrogens (tertiary/aromatic N) is 3. The van der Waals surface area contributed by atoms with E-state index in [0.717, 1.165) is 5.56 Å². The summed E-state index contributed by atoms with van der Waals surface area (Å²) in [7, 11) is 0. The van der Waals surface area contributed by atoms with E-state index in [-0.39, 0.29) is 18.0 Å². The molecule has 2 aromatic rings. The van der Waals surface area contributed by atoms with Crippen molar-refractivity contribution in [2.24, 2.45) is 16.5 Å². The molecular formula is C19H21N3O4. The standard InChI is InChI=1S/C19H21N3O4/c1-4-24-17(23)14-15(12-8-6-5-7-9-12)21-25-19(14)11-18(2,3)10-13-16(19)22-26-20-13/h5-9,14H,4,10-11H2,1-3H3/t14-,19-/m0/s1. The molecule has 1 aliphatic heterocycles. The van der Waals surface area contributed by atoms with Crippen LogP contribution in [0.15, 0.2) is 40.1 Å². The molecule has 26 heavy (non-hydrogen) atoms. The Bertz CT molecular complexity index is 859. The maximum atomic E-state index is 13.0. The summed E-state index contributed by atoms with van der Waals surface area (Å²) in [6.45, 7) is 6.28. The summed E-state index contributed by atoms with van der Waals surface area (Å²) in [5.74, 6) is -1.10. The molecule has 0 amide bonds. The number of rotatable bonds is 3. The van der Waals surface area contributed by atoms with E-state index in [1.807, 2.05) is 30.3 Å². The topological polar surface area (TPSA) is 86.8 Å². The largest absolute Gasteiger partial charge is 0.465 e. The van der Waals surface area contributed by atoms with Gasteiger partial charge in [-0.25, -0.2) is 4.63 Å². The summed E-state index contributed by atoms with van der Waals surface area (Å²) in [6, 6.07) is 9.53.